The van der Waals surface area contributed by atoms with Gasteiger partial charge in [0.05, 0.1) is 6.21 Å². The number of carbonyl (C=O) groups is 2. The predicted molar refractivity (Wildman–Crippen MR) is 134 cm³/mol. The number of hydrogen-bond acceptors (Lipinski definition) is 4. The van der Waals surface area contributed by atoms with Crippen molar-refractivity contribution in [2.45, 2.75) is 33.3 Å². The van der Waals surface area contributed by atoms with Crippen molar-refractivity contribution >= 4 is 39.6 Å². The minimum absolute atomic E-state index is 0.0375. The van der Waals surface area contributed by atoms with E-state index in [1.165, 1.54) is 6.21 Å². The van der Waals surface area contributed by atoms with Crippen molar-refractivity contribution in [3.05, 3.63) is 93.5 Å². The number of aryl methyl sites for hydroxylation is 1. The molecule has 33 heavy (non-hydrogen) atoms. The summed E-state index contributed by atoms with van der Waals surface area (Å²) in [6.07, 6.45) is 1.64. The first kappa shape index (κ1) is 24.2. The van der Waals surface area contributed by atoms with E-state index in [-0.39, 0.29) is 24.7 Å². The summed E-state index contributed by atoms with van der Waals surface area (Å²) in [4.78, 5) is 24.3. The van der Waals surface area contributed by atoms with Gasteiger partial charge in [0.1, 0.15) is 12.4 Å². The van der Waals surface area contributed by atoms with Gasteiger partial charge in [0.25, 0.3) is 0 Å². The summed E-state index contributed by atoms with van der Waals surface area (Å²) in [7, 11) is 0. The molecular formula is C26H26BrN3O3. The van der Waals surface area contributed by atoms with Crippen LogP contribution < -0.4 is 15.5 Å². The zero-order chi connectivity index (χ0) is 23.6. The summed E-state index contributed by atoms with van der Waals surface area (Å²) in [5.74, 6) is 0.108. The topological polar surface area (TPSA) is 79.8 Å². The van der Waals surface area contributed by atoms with Gasteiger partial charge in [0.15, 0.2) is 0 Å². The highest BCUT2D eigenvalue weighted by atomic mass is 79.9. The fourth-order valence-corrected chi connectivity index (χ4v) is 3.28. The van der Waals surface area contributed by atoms with Gasteiger partial charge in [0, 0.05) is 28.6 Å². The molecule has 0 atom stereocenters. The van der Waals surface area contributed by atoms with Crippen molar-refractivity contribution < 1.29 is 14.3 Å². The van der Waals surface area contributed by atoms with Crippen molar-refractivity contribution in [2.75, 3.05) is 5.32 Å². The zero-order valence-electron chi connectivity index (χ0n) is 18.6. The highest BCUT2D eigenvalue weighted by Gasteiger charge is 2.09. The second-order valence-electron chi connectivity index (χ2n) is 7.54. The molecule has 0 bridgehead atoms. The Hall–Kier alpha value is -3.45. The summed E-state index contributed by atoms with van der Waals surface area (Å²) in [6, 6.07) is 21.1. The lowest BCUT2D eigenvalue weighted by atomic mass is 10.1. The van der Waals surface area contributed by atoms with E-state index in [0.717, 1.165) is 32.4 Å². The molecule has 7 heteroatoms. The SMILES string of the molecule is Cc1cccc(NC(=O)CCC(=O)NN=Cc2ccccc2OCc2ccc(Br)cc2)c1C. The number of halogens is 1. The van der Waals surface area contributed by atoms with Crippen molar-refractivity contribution in [3.63, 3.8) is 0 Å². The fourth-order valence-electron chi connectivity index (χ4n) is 3.02. The maximum atomic E-state index is 12.2. The molecule has 170 valence electrons. The van der Waals surface area contributed by atoms with Gasteiger partial charge in [-0.3, -0.25) is 9.59 Å². The first-order chi connectivity index (χ1) is 15.9. The quantitative estimate of drug-likeness (QED) is 0.295. The lowest BCUT2D eigenvalue weighted by Gasteiger charge is -2.10. The number of anilines is 1. The molecule has 0 spiro atoms. The molecule has 0 radical (unpaired) electrons. The molecule has 0 fully saturated rings. The molecule has 3 aromatic rings. The number of ether oxygens (including phenoxy) is 1. The largest absolute Gasteiger partial charge is 0.488 e. The van der Waals surface area contributed by atoms with Gasteiger partial charge in [-0.1, -0.05) is 52.3 Å². The van der Waals surface area contributed by atoms with E-state index < -0.39 is 0 Å². The van der Waals surface area contributed by atoms with E-state index in [4.69, 9.17) is 4.74 Å². The van der Waals surface area contributed by atoms with E-state index in [9.17, 15) is 9.59 Å². The maximum Gasteiger partial charge on any atom is 0.240 e. The van der Waals surface area contributed by atoms with Crippen molar-refractivity contribution in [2.24, 2.45) is 5.10 Å². The van der Waals surface area contributed by atoms with Crippen molar-refractivity contribution in [1.82, 2.24) is 5.43 Å². The lowest BCUT2D eigenvalue weighted by Crippen LogP contribution is -2.21. The number of nitrogens with zero attached hydrogens (tertiary/aromatic N) is 1. The Morgan fingerprint density at radius 2 is 1.67 bits per heavy atom. The van der Waals surface area contributed by atoms with Gasteiger partial charge in [-0.25, -0.2) is 5.43 Å². The summed E-state index contributed by atoms with van der Waals surface area (Å²) in [6.45, 7) is 4.35. The number of carbonyl (C=O) groups excluding carboxylic acids is 2. The van der Waals surface area contributed by atoms with Crippen LogP contribution in [0.3, 0.4) is 0 Å². The second kappa shape index (κ2) is 12.0. The average Bonchev–Trinajstić information content (AvgIpc) is 2.81. The monoisotopic (exact) mass is 507 g/mol. The van der Waals surface area contributed by atoms with Crippen LogP contribution in [0.2, 0.25) is 0 Å². The third kappa shape index (κ3) is 7.57. The number of rotatable bonds is 9. The van der Waals surface area contributed by atoms with E-state index in [0.29, 0.717) is 12.4 Å². The van der Waals surface area contributed by atoms with E-state index >= 15 is 0 Å². The average molecular weight is 508 g/mol. The molecule has 0 unspecified atom stereocenters. The van der Waals surface area contributed by atoms with Crippen LogP contribution in [-0.4, -0.2) is 18.0 Å². The number of nitrogens with one attached hydrogen (secondary N) is 2. The smallest absolute Gasteiger partial charge is 0.240 e. The molecule has 0 aliphatic heterocycles. The molecule has 0 aliphatic carbocycles. The third-order valence-electron chi connectivity index (χ3n) is 5.08. The first-order valence-corrected chi connectivity index (χ1v) is 11.4. The molecule has 0 saturated heterocycles. The standard InChI is InChI=1S/C26H26BrN3O3/c1-18-6-5-8-23(19(18)2)29-25(31)14-15-26(32)30-28-16-21-7-3-4-9-24(21)33-17-20-10-12-22(27)13-11-20/h3-13,16H,14-15,17H2,1-2H3,(H,29,31)(H,30,32). The number of benzene rings is 3. The Balaban J connectivity index is 1.47. The molecule has 0 saturated carbocycles. The van der Waals surface area contributed by atoms with Crippen molar-refractivity contribution in [3.8, 4) is 5.75 Å². The lowest BCUT2D eigenvalue weighted by molar-refractivity contribution is -0.124. The zero-order valence-corrected chi connectivity index (χ0v) is 20.2. The number of amides is 2. The summed E-state index contributed by atoms with van der Waals surface area (Å²) in [5.41, 5.74) is 7.12. The van der Waals surface area contributed by atoms with Gasteiger partial charge in [-0.15, -0.1) is 0 Å². The number of hydrogen-bond donors (Lipinski definition) is 2. The van der Waals surface area contributed by atoms with Crippen LogP contribution in [0.1, 0.15) is 35.1 Å². The molecule has 0 heterocycles. The summed E-state index contributed by atoms with van der Waals surface area (Å²) >= 11 is 3.42. The number of para-hydroxylation sites is 1. The molecule has 0 aromatic heterocycles. The normalized spacial score (nSPS) is 10.8. The van der Waals surface area contributed by atoms with Gasteiger partial charge >= 0.3 is 0 Å². The number of hydrazone groups is 1. The minimum atomic E-state index is -0.337. The summed E-state index contributed by atoms with van der Waals surface area (Å²) < 4.78 is 6.91. The van der Waals surface area contributed by atoms with Crippen LogP contribution in [0.4, 0.5) is 5.69 Å². The minimum Gasteiger partial charge on any atom is -0.488 e. The Kier molecular flexibility index (Phi) is 8.78. The van der Waals surface area contributed by atoms with Gasteiger partial charge in [0.2, 0.25) is 11.8 Å². The molecule has 2 N–H and O–H groups in total. The van der Waals surface area contributed by atoms with Crippen LogP contribution in [0.5, 0.6) is 5.75 Å². The van der Waals surface area contributed by atoms with Crippen molar-refractivity contribution in [1.29, 1.82) is 0 Å². The second-order valence-corrected chi connectivity index (χ2v) is 8.46. The van der Waals surface area contributed by atoms with Crippen LogP contribution in [0, 0.1) is 13.8 Å². The molecule has 6 nitrogen and oxygen atoms in total. The third-order valence-corrected chi connectivity index (χ3v) is 5.61. The highest BCUT2D eigenvalue weighted by molar-refractivity contribution is 9.10. The molecular weight excluding hydrogens is 482 g/mol. The molecule has 2 amide bonds. The van der Waals surface area contributed by atoms with E-state index in [1.807, 2.05) is 80.6 Å². The fraction of sp³-hybridized carbons (Fsp3) is 0.192. The molecule has 3 rings (SSSR count). The van der Waals surface area contributed by atoms with Crippen LogP contribution in [0.15, 0.2) is 76.3 Å². The predicted octanol–water partition coefficient (Wildman–Crippen LogP) is 5.51. The Morgan fingerprint density at radius 1 is 0.939 bits per heavy atom. The summed E-state index contributed by atoms with van der Waals surface area (Å²) in [5, 5.41) is 6.86. The van der Waals surface area contributed by atoms with Crippen LogP contribution >= 0.6 is 15.9 Å². The van der Waals surface area contributed by atoms with E-state index in [2.05, 4.69) is 31.8 Å². The van der Waals surface area contributed by atoms with Gasteiger partial charge in [-0.2, -0.15) is 5.10 Å². The Bertz CT molecular complexity index is 1140. The Morgan fingerprint density at radius 3 is 2.45 bits per heavy atom. The Labute approximate surface area is 202 Å². The maximum absolute atomic E-state index is 12.2. The first-order valence-electron chi connectivity index (χ1n) is 10.6. The van der Waals surface area contributed by atoms with Gasteiger partial charge in [-0.05, 0) is 60.9 Å². The van der Waals surface area contributed by atoms with Crippen LogP contribution in [-0.2, 0) is 16.2 Å². The van der Waals surface area contributed by atoms with Crippen LogP contribution in [0.25, 0.3) is 0 Å². The van der Waals surface area contributed by atoms with Gasteiger partial charge < -0.3 is 10.1 Å². The van der Waals surface area contributed by atoms with E-state index in [1.54, 1.807) is 0 Å². The molecule has 0 aliphatic rings. The molecule has 3 aromatic carbocycles. The highest BCUT2D eigenvalue weighted by Crippen LogP contribution is 2.19.